The monoisotopic (exact) mass is 472 g/mol. The molecule has 2 N–H and O–H groups in total. The van der Waals surface area contributed by atoms with Crippen molar-refractivity contribution in [3.05, 3.63) is 119 Å². The highest BCUT2D eigenvalue weighted by atomic mass is 16.4. The molecule has 0 aliphatic heterocycles. The van der Waals surface area contributed by atoms with Gasteiger partial charge in [0.05, 0.1) is 22.2 Å². The molecule has 5 aromatic rings. The van der Waals surface area contributed by atoms with Gasteiger partial charge < -0.3 is 10.2 Å². The van der Waals surface area contributed by atoms with Crippen molar-refractivity contribution < 1.29 is 19.8 Å². The highest BCUT2D eigenvalue weighted by Gasteiger charge is 2.08. The first-order chi connectivity index (χ1) is 17.5. The summed E-state index contributed by atoms with van der Waals surface area (Å²) in [4.78, 5) is 31.3. The van der Waals surface area contributed by atoms with Gasteiger partial charge in [-0.3, -0.25) is 9.97 Å². The van der Waals surface area contributed by atoms with E-state index < -0.39 is 11.9 Å². The number of carbonyl (C=O) groups is 2. The van der Waals surface area contributed by atoms with E-state index in [-0.39, 0.29) is 11.1 Å². The van der Waals surface area contributed by atoms with E-state index in [4.69, 9.17) is 10.2 Å². The highest BCUT2D eigenvalue weighted by molar-refractivity contribution is 6.08. The number of carboxylic acid groups (broad SMARTS) is 2. The van der Waals surface area contributed by atoms with Gasteiger partial charge in [0.1, 0.15) is 0 Å². The number of hydrogen-bond acceptors (Lipinski definition) is 4. The molecule has 0 saturated carbocycles. The molecule has 2 aromatic heterocycles. The first-order valence-corrected chi connectivity index (χ1v) is 11.2. The van der Waals surface area contributed by atoms with Crippen molar-refractivity contribution in [3.8, 4) is 0 Å². The van der Waals surface area contributed by atoms with Crippen LogP contribution in [0.15, 0.2) is 85.2 Å². The van der Waals surface area contributed by atoms with E-state index in [2.05, 4.69) is 9.97 Å². The predicted molar refractivity (Wildman–Crippen MR) is 142 cm³/mol. The molecule has 6 heteroatoms. The normalized spacial score (nSPS) is 11.6. The number of rotatable bonds is 6. The molecule has 6 nitrogen and oxygen atoms in total. The van der Waals surface area contributed by atoms with Gasteiger partial charge in [-0.05, 0) is 58.7 Å². The molecule has 0 radical (unpaired) electrons. The SMILES string of the molecule is O=C(O)c1ccc(/C=C/c2ccnc3c2ccc2c(/C=C/c4ccc(C(=O)O)cc4)ccnc23)cc1. The summed E-state index contributed by atoms with van der Waals surface area (Å²) < 4.78 is 0. The summed E-state index contributed by atoms with van der Waals surface area (Å²) in [6.07, 6.45) is 11.3. The van der Waals surface area contributed by atoms with Crippen LogP contribution in [-0.4, -0.2) is 32.1 Å². The van der Waals surface area contributed by atoms with E-state index in [1.165, 1.54) is 0 Å². The molecule has 0 unspecified atom stereocenters. The third-order valence-corrected chi connectivity index (χ3v) is 5.91. The minimum atomic E-state index is -0.949. The Morgan fingerprint density at radius 3 is 1.28 bits per heavy atom. The van der Waals surface area contributed by atoms with Gasteiger partial charge in [-0.2, -0.15) is 0 Å². The molecule has 36 heavy (non-hydrogen) atoms. The van der Waals surface area contributed by atoms with Gasteiger partial charge in [0.15, 0.2) is 0 Å². The number of nitrogens with zero attached hydrogens (tertiary/aromatic N) is 2. The van der Waals surface area contributed by atoms with Crippen LogP contribution in [-0.2, 0) is 0 Å². The zero-order valence-corrected chi connectivity index (χ0v) is 19.0. The summed E-state index contributed by atoms with van der Waals surface area (Å²) >= 11 is 0. The number of carboxylic acids is 2. The van der Waals surface area contributed by atoms with Crippen molar-refractivity contribution in [1.29, 1.82) is 0 Å². The van der Waals surface area contributed by atoms with Crippen LogP contribution in [0.3, 0.4) is 0 Å². The zero-order valence-electron chi connectivity index (χ0n) is 19.0. The maximum atomic E-state index is 11.1. The van der Waals surface area contributed by atoms with Crippen molar-refractivity contribution in [2.45, 2.75) is 0 Å². The minimum Gasteiger partial charge on any atom is -0.478 e. The van der Waals surface area contributed by atoms with Gasteiger partial charge in [0, 0.05) is 23.2 Å². The summed E-state index contributed by atoms with van der Waals surface area (Å²) in [5, 5.41) is 20.1. The number of benzene rings is 3. The van der Waals surface area contributed by atoms with Crippen LogP contribution in [0.2, 0.25) is 0 Å². The Bertz CT molecular complexity index is 1540. The van der Waals surface area contributed by atoms with Crippen molar-refractivity contribution >= 4 is 58.0 Å². The van der Waals surface area contributed by atoms with Gasteiger partial charge in [0.25, 0.3) is 0 Å². The second kappa shape index (κ2) is 9.64. The molecule has 174 valence electrons. The average Bonchev–Trinajstić information content (AvgIpc) is 2.90. The Morgan fingerprint density at radius 2 is 0.917 bits per heavy atom. The molecule has 0 spiro atoms. The molecule has 0 bridgehead atoms. The summed E-state index contributed by atoms with van der Waals surface area (Å²) in [6, 6.07) is 21.3. The Labute approximate surface area is 206 Å². The van der Waals surface area contributed by atoms with E-state index in [0.29, 0.717) is 0 Å². The topological polar surface area (TPSA) is 100 Å². The quantitative estimate of drug-likeness (QED) is 0.273. The fourth-order valence-corrected chi connectivity index (χ4v) is 4.01. The molecule has 0 atom stereocenters. The Hall–Kier alpha value is -5.10. The molecule has 2 heterocycles. The zero-order chi connectivity index (χ0) is 25.1. The number of pyridine rings is 2. The molecule has 0 aliphatic carbocycles. The second-order valence-electron chi connectivity index (χ2n) is 8.18. The molecule has 0 aliphatic rings. The third kappa shape index (κ3) is 4.60. The van der Waals surface area contributed by atoms with Crippen LogP contribution in [0.4, 0.5) is 0 Å². The van der Waals surface area contributed by atoms with Crippen molar-refractivity contribution in [3.63, 3.8) is 0 Å². The standard InChI is InChI=1S/C30H20N2O4/c33-29(34)23-9-3-19(4-10-23)1-7-21-15-17-31-27-25(21)13-14-26-22(16-18-32-28(26)27)8-2-20-5-11-24(12-6-20)30(35)36/h1-18H,(H,33,34)(H,35,36)/b7-1+,8-2+. The van der Waals surface area contributed by atoms with Crippen LogP contribution in [0.25, 0.3) is 46.1 Å². The number of hydrogen-bond donors (Lipinski definition) is 2. The smallest absolute Gasteiger partial charge is 0.335 e. The van der Waals surface area contributed by atoms with Gasteiger partial charge in [-0.15, -0.1) is 0 Å². The van der Waals surface area contributed by atoms with Crippen LogP contribution in [0.1, 0.15) is 43.0 Å². The maximum Gasteiger partial charge on any atom is 0.335 e. The first kappa shape index (κ1) is 22.7. The Kier molecular flexibility index (Phi) is 6.07. The van der Waals surface area contributed by atoms with Crippen molar-refractivity contribution in [1.82, 2.24) is 9.97 Å². The van der Waals surface area contributed by atoms with E-state index in [9.17, 15) is 9.59 Å². The molecule has 0 saturated heterocycles. The van der Waals surface area contributed by atoms with Crippen molar-refractivity contribution in [2.75, 3.05) is 0 Å². The highest BCUT2D eigenvalue weighted by Crippen LogP contribution is 2.28. The third-order valence-electron chi connectivity index (χ3n) is 5.91. The van der Waals surface area contributed by atoms with E-state index >= 15 is 0 Å². The molecule has 0 fully saturated rings. The van der Waals surface area contributed by atoms with Gasteiger partial charge in [-0.25, -0.2) is 9.59 Å². The van der Waals surface area contributed by atoms with Gasteiger partial charge in [0.2, 0.25) is 0 Å². The van der Waals surface area contributed by atoms with Crippen molar-refractivity contribution in [2.24, 2.45) is 0 Å². The van der Waals surface area contributed by atoms with Crippen LogP contribution >= 0.6 is 0 Å². The molecular formula is C30H20N2O4. The summed E-state index contributed by atoms with van der Waals surface area (Å²) in [6.45, 7) is 0. The summed E-state index contributed by atoms with van der Waals surface area (Å²) in [5.41, 5.74) is 5.83. The number of aromatic carboxylic acids is 2. The minimum absolute atomic E-state index is 0.251. The van der Waals surface area contributed by atoms with Crippen LogP contribution < -0.4 is 0 Å². The molecule has 0 amide bonds. The lowest BCUT2D eigenvalue weighted by atomic mass is 10.0. The summed E-state index contributed by atoms with van der Waals surface area (Å²) in [7, 11) is 0. The number of fused-ring (bicyclic) bond motifs is 3. The molecule has 3 aromatic carbocycles. The summed E-state index contributed by atoms with van der Waals surface area (Å²) in [5.74, 6) is -1.90. The lowest BCUT2D eigenvalue weighted by molar-refractivity contribution is 0.0686. The fraction of sp³-hybridized carbons (Fsp3) is 0. The van der Waals surface area contributed by atoms with E-state index in [1.807, 2.05) is 48.6 Å². The predicted octanol–water partition coefficient (Wildman–Crippen LogP) is 6.52. The van der Waals surface area contributed by atoms with Gasteiger partial charge in [-0.1, -0.05) is 60.7 Å². The van der Waals surface area contributed by atoms with Gasteiger partial charge >= 0.3 is 11.9 Å². The molecule has 5 rings (SSSR count). The largest absolute Gasteiger partial charge is 0.478 e. The Morgan fingerprint density at radius 1 is 0.528 bits per heavy atom. The average molecular weight is 473 g/mol. The van der Waals surface area contributed by atoms with Crippen LogP contribution in [0, 0.1) is 0 Å². The van der Waals surface area contributed by atoms with Crippen LogP contribution in [0.5, 0.6) is 0 Å². The Balaban J connectivity index is 1.49. The lowest BCUT2D eigenvalue weighted by Crippen LogP contribution is -1.94. The first-order valence-electron chi connectivity index (χ1n) is 11.2. The van der Waals surface area contributed by atoms with E-state index in [0.717, 1.165) is 44.1 Å². The molecular weight excluding hydrogens is 452 g/mol. The second-order valence-corrected chi connectivity index (χ2v) is 8.18. The fourth-order valence-electron chi connectivity index (χ4n) is 4.01. The number of aromatic nitrogens is 2. The van der Waals surface area contributed by atoms with E-state index in [1.54, 1.807) is 60.9 Å². The maximum absolute atomic E-state index is 11.1. The lowest BCUT2D eigenvalue weighted by Gasteiger charge is -2.07.